The van der Waals surface area contributed by atoms with Crippen molar-refractivity contribution >= 4 is 11.8 Å². The second-order valence-corrected chi connectivity index (χ2v) is 13.4. The monoisotopic (exact) mass is 630 g/mol. The first kappa shape index (κ1) is 33.7. The summed E-state index contributed by atoms with van der Waals surface area (Å²) in [6.07, 6.45) is 4.11. The number of amides is 2. The number of nitrogens with one attached hydrogen (secondary N) is 1. The lowest BCUT2D eigenvalue weighted by Gasteiger charge is -2.42. The van der Waals surface area contributed by atoms with Crippen LogP contribution in [-0.2, 0) is 25.7 Å². The van der Waals surface area contributed by atoms with Gasteiger partial charge < -0.3 is 44.5 Å². The summed E-state index contributed by atoms with van der Waals surface area (Å²) in [6, 6.07) is 2.52. The lowest BCUT2D eigenvalue weighted by molar-refractivity contribution is -0.149. The van der Waals surface area contributed by atoms with Gasteiger partial charge in [0.15, 0.2) is 11.5 Å². The van der Waals surface area contributed by atoms with Crippen LogP contribution in [0, 0.1) is 17.8 Å². The van der Waals surface area contributed by atoms with Crippen LogP contribution in [-0.4, -0.2) is 103 Å². The molecule has 0 bridgehead atoms. The molecule has 11 heteroatoms. The number of nitrogens with zero attached hydrogens (tertiary/aromatic N) is 1. The Labute approximate surface area is 265 Å². The highest BCUT2D eigenvalue weighted by Crippen LogP contribution is 2.51. The lowest BCUT2D eigenvalue weighted by Crippen LogP contribution is -2.57. The predicted octanol–water partition coefficient (Wildman–Crippen LogP) is 2.30. The summed E-state index contributed by atoms with van der Waals surface area (Å²) in [5, 5.41) is 34.0. The highest BCUT2D eigenvalue weighted by atomic mass is 16.5. The Morgan fingerprint density at radius 1 is 1.18 bits per heavy atom. The topological polar surface area (TPSA) is 147 Å². The molecule has 2 aliphatic heterocycles. The molecule has 8 unspecified atom stereocenters. The first-order chi connectivity index (χ1) is 21.7. The number of hydrogen-bond acceptors (Lipinski definition) is 9. The number of methoxy groups -OCH3 is 1. The number of hydrogen-bond donors (Lipinski definition) is 4. The number of ether oxygens (including phenoxy) is 4. The molecule has 2 amide bonds. The smallest absolute Gasteiger partial charge is 0.249 e. The average Bonchev–Trinajstić information content (AvgIpc) is 3.69. The van der Waals surface area contributed by atoms with E-state index in [9.17, 15) is 24.9 Å². The molecule has 5 rings (SSSR count). The molecule has 45 heavy (non-hydrogen) atoms. The largest absolute Gasteiger partial charge is 0.493 e. The molecule has 1 aromatic rings. The number of carbonyl (C=O) groups is 2. The van der Waals surface area contributed by atoms with E-state index < -0.39 is 30.1 Å². The molecule has 1 saturated heterocycles. The minimum atomic E-state index is -1.19. The minimum absolute atomic E-state index is 0.0286. The van der Waals surface area contributed by atoms with Gasteiger partial charge in [-0.05, 0) is 67.2 Å². The van der Waals surface area contributed by atoms with Crippen molar-refractivity contribution in [2.75, 3.05) is 40.0 Å². The number of rotatable bonds is 12. The van der Waals surface area contributed by atoms with Crippen molar-refractivity contribution in [2.45, 2.75) is 95.9 Å². The molecule has 250 valence electrons. The van der Waals surface area contributed by atoms with E-state index in [1.54, 1.807) is 23.1 Å². The van der Waals surface area contributed by atoms with E-state index in [0.717, 1.165) is 32.1 Å². The van der Waals surface area contributed by atoms with Crippen LogP contribution in [0.5, 0.6) is 11.5 Å². The predicted molar refractivity (Wildman–Crippen MR) is 166 cm³/mol. The average molecular weight is 631 g/mol. The van der Waals surface area contributed by atoms with Crippen LogP contribution in [0.25, 0.3) is 0 Å². The summed E-state index contributed by atoms with van der Waals surface area (Å²) in [6.45, 7) is 6.87. The molecule has 2 aliphatic carbocycles. The highest BCUT2D eigenvalue weighted by Gasteiger charge is 2.52. The van der Waals surface area contributed by atoms with Crippen LogP contribution < -0.4 is 14.8 Å². The van der Waals surface area contributed by atoms with E-state index in [1.165, 1.54) is 7.11 Å². The second-order valence-electron chi connectivity index (χ2n) is 13.4. The van der Waals surface area contributed by atoms with Crippen molar-refractivity contribution in [2.24, 2.45) is 17.8 Å². The van der Waals surface area contributed by atoms with Crippen molar-refractivity contribution in [3.63, 3.8) is 0 Å². The summed E-state index contributed by atoms with van der Waals surface area (Å²) < 4.78 is 24.2. The Morgan fingerprint density at radius 2 is 1.98 bits per heavy atom. The van der Waals surface area contributed by atoms with E-state index in [4.69, 9.17) is 18.9 Å². The van der Waals surface area contributed by atoms with Gasteiger partial charge in [-0.1, -0.05) is 27.2 Å². The van der Waals surface area contributed by atoms with Gasteiger partial charge in [-0.25, -0.2) is 0 Å². The van der Waals surface area contributed by atoms with Gasteiger partial charge in [-0.3, -0.25) is 9.59 Å². The molecule has 2 heterocycles. The quantitative estimate of drug-likeness (QED) is 0.273. The van der Waals surface area contributed by atoms with Gasteiger partial charge in [0.05, 0.1) is 44.5 Å². The second kappa shape index (κ2) is 14.8. The lowest BCUT2D eigenvalue weighted by atomic mass is 9.75. The van der Waals surface area contributed by atoms with Crippen molar-refractivity contribution in [3.8, 4) is 11.5 Å². The molecule has 11 nitrogen and oxygen atoms in total. The Morgan fingerprint density at radius 3 is 2.64 bits per heavy atom. The third-order valence-corrected chi connectivity index (χ3v) is 9.98. The van der Waals surface area contributed by atoms with Crippen molar-refractivity contribution in [3.05, 3.63) is 34.9 Å². The Balaban J connectivity index is 1.48. The van der Waals surface area contributed by atoms with Gasteiger partial charge in [0, 0.05) is 30.8 Å². The Bertz CT molecular complexity index is 1230. The van der Waals surface area contributed by atoms with Crippen molar-refractivity contribution in [1.82, 2.24) is 10.2 Å². The maximum Gasteiger partial charge on any atom is 0.249 e. The normalized spacial score (nSPS) is 30.7. The SMILES string of the molecule is COc1cc(CO)cc2c1OC1C2C(C(=O)NCCO)=CC(N(CC2CCCO2)C(=O)COC2CC(C)CCC2C(C)C)C1O. The van der Waals surface area contributed by atoms with Gasteiger partial charge in [0.2, 0.25) is 11.8 Å². The number of aliphatic hydroxyl groups excluding tert-OH is 3. The fourth-order valence-electron chi connectivity index (χ4n) is 7.58. The maximum absolute atomic E-state index is 14.1. The molecule has 2 fully saturated rings. The van der Waals surface area contributed by atoms with Crippen molar-refractivity contribution < 1.29 is 43.9 Å². The zero-order valence-electron chi connectivity index (χ0n) is 26.9. The van der Waals surface area contributed by atoms with Crippen LogP contribution in [0.1, 0.15) is 69.9 Å². The molecule has 4 N–H and O–H groups in total. The molecule has 0 radical (unpaired) electrons. The summed E-state index contributed by atoms with van der Waals surface area (Å²) in [5.41, 5.74) is 1.50. The van der Waals surface area contributed by atoms with E-state index in [2.05, 4.69) is 26.1 Å². The number of benzene rings is 1. The van der Waals surface area contributed by atoms with Crippen LogP contribution in [0.4, 0.5) is 0 Å². The van der Waals surface area contributed by atoms with Gasteiger partial charge >= 0.3 is 0 Å². The molecule has 0 aromatic heterocycles. The fourth-order valence-corrected chi connectivity index (χ4v) is 7.58. The summed E-state index contributed by atoms with van der Waals surface area (Å²) in [4.78, 5) is 29.3. The van der Waals surface area contributed by atoms with Crippen LogP contribution in [0.3, 0.4) is 0 Å². The standard InChI is InChI=1S/C34H50N2O9/c1-19(2)23-8-7-20(3)12-27(23)44-18-29(39)36(16-22-6-5-11-43-22)26-15-25(34(41)35-9-10-37)30-24-13-21(17-38)14-28(42-4)32(24)45-33(30)31(26)40/h13-15,19-20,22-23,26-27,30-31,33,37-38,40H,5-12,16-18H2,1-4H3,(H,35,41). The number of fused-ring (bicyclic) bond motifs is 3. The van der Waals surface area contributed by atoms with E-state index >= 15 is 0 Å². The number of aliphatic hydroxyl groups is 3. The highest BCUT2D eigenvalue weighted by molar-refractivity contribution is 5.96. The molecule has 8 atom stereocenters. The molecular weight excluding hydrogens is 580 g/mol. The molecule has 1 saturated carbocycles. The fraction of sp³-hybridized carbons (Fsp3) is 0.706. The van der Waals surface area contributed by atoms with Gasteiger partial charge in [-0.2, -0.15) is 0 Å². The Kier molecular flexibility index (Phi) is 11.1. The summed E-state index contributed by atoms with van der Waals surface area (Å²) in [7, 11) is 1.49. The molecule has 4 aliphatic rings. The maximum atomic E-state index is 14.1. The first-order valence-corrected chi connectivity index (χ1v) is 16.5. The summed E-state index contributed by atoms with van der Waals surface area (Å²) >= 11 is 0. The van der Waals surface area contributed by atoms with Gasteiger partial charge in [-0.15, -0.1) is 0 Å². The van der Waals surface area contributed by atoms with Crippen LogP contribution >= 0.6 is 0 Å². The van der Waals surface area contributed by atoms with E-state index in [1.807, 2.05) is 0 Å². The van der Waals surface area contributed by atoms with E-state index in [-0.39, 0.29) is 51.0 Å². The molecule has 0 spiro atoms. The molecule has 1 aromatic carbocycles. The third-order valence-electron chi connectivity index (χ3n) is 9.98. The van der Waals surface area contributed by atoms with Gasteiger partial charge in [0.1, 0.15) is 18.8 Å². The minimum Gasteiger partial charge on any atom is -0.493 e. The summed E-state index contributed by atoms with van der Waals surface area (Å²) in [5.74, 6) is 0.694. The van der Waals surface area contributed by atoms with E-state index in [0.29, 0.717) is 52.6 Å². The zero-order chi connectivity index (χ0) is 32.2. The first-order valence-electron chi connectivity index (χ1n) is 16.5. The van der Waals surface area contributed by atoms with Crippen LogP contribution in [0.15, 0.2) is 23.8 Å². The number of carbonyl (C=O) groups excluding carboxylic acids is 2. The van der Waals surface area contributed by atoms with Gasteiger partial charge in [0.25, 0.3) is 0 Å². The van der Waals surface area contributed by atoms with Crippen LogP contribution in [0.2, 0.25) is 0 Å². The van der Waals surface area contributed by atoms with Crippen molar-refractivity contribution in [1.29, 1.82) is 0 Å². The molecular formula is C34H50N2O9. The Hall–Kier alpha value is -2.70. The zero-order valence-corrected chi connectivity index (χ0v) is 26.9. The third kappa shape index (κ3) is 7.17.